The summed E-state index contributed by atoms with van der Waals surface area (Å²) in [7, 11) is -7.82. The summed E-state index contributed by atoms with van der Waals surface area (Å²) in [5, 5.41) is 21.8. The van der Waals surface area contributed by atoms with E-state index in [0.29, 0.717) is 20.9 Å². The molecule has 1 atom stereocenters. The van der Waals surface area contributed by atoms with Gasteiger partial charge < -0.3 is 4.42 Å². The summed E-state index contributed by atoms with van der Waals surface area (Å²) < 4.78 is 55.7. The molecule has 39 heavy (non-hydrogen) atoms. The van der Waals surface area contributed by atoms with E-state index in [1.807, 2.05) is 22.9 Å². The van der Waals surface area contributed by atoms with Crippen molar-refractivity contribution in [1.29, 1.82) is 0 Å². The molecule has 5 rings (SSSR count). The van der Waals surface area contributed by atoms with E-state index in [2.05, 4.69) is 30.7 Å². The Morgan fingerprint density at radius 2 is 1.87 bits per heavy atom. The summed E-state index contributed by atoms with van der Waals surface area (Å²) in [4.78, 5) is 17.1. The molecule has 0 saturated heterocycles. The van der Waals surface area contributed by atoms with Crippen LogP contribution in [0.2, 0.25) is 0 Å². The molecule has 0 saturated carbocycles. The highest BCUT2D eigenvalue weighted by Crippen LogP contribution is 2.36. The van der Waals surface area contributed by atoms with Crippen LogP contribution in [0.1, 0.15) is 32.4 Å². The number of anilines is 1. The fourth-order valence-electron chi connectivity index (χ4n) is 3.55. The summed E-state index contributed by atoms with van der Waals surface area (Å²) in [6.45, 7) is -0.399. The summed E-state index contributed by atoms with van der Waals surface area (Å²) in [6, 6.07) is 12.4. The third kappa shape index (κ3) is 6.32. The van der Waals surface area contributed by atoms with E-state index < -0.39 is 31.8 Å². The molecule has 2 aromatic carbocycles. The number of amides is 1. The van der Waals surface area contributed by atoms with Crippen LogP contribution in [0.3, 0.4) is 0 Å². The molecule has 3 aromatic heterocycles. The average Bonchev–Trinajstić information content (AvgIpc) is 3.63. The molecule has 0 bridgehead atoms. The molecule has 0 spiro atoms. The van der Waals surface area contributed by atoms with E-state index in [1.165, 1.54) is 16.8 Å². The number of fused-ring (bicyclic) bond motifs is 1. The second-order valence-corrected chi connectivity index (χ2v) is 13.5. The summed E-state index contributed by atoms with van der Waals surface area (Å²) >= 11 is 2.34. The highest BCUT2D eigenvalue weighted by molar-refractivity contribution is 7.91. The van der Waals surface area contributed by atoms with Crippen LogP contribution in [0.25, 0.3) is 21.3 Å². The molecule has 1 unspecified atom stereocenters. The van der Waals surface area contributed by atoms with Crippen molar-refractivity contribution in [1.82, 2.24) is 30.1 Å². The molecule has 18 heteroatoms. The SMILES string of the molecule is CS(=O)(=O)C(c1nnc(CNS(N)(=O)=O)o1)c1nc2ccc(-c3cccc(C(=O)Nc4nncs4)c3)cc2s1. The number of hydrogen-bond donors (Lipinski definition) is 3. The van der Waals surface area contributed by atoms with Crippen LogP contribution in [0.5, 0.6) is 0 Å². The van der Waals surface area contributed by atoms with Crippen molar-refractivity contribution < 1.29 is 26.0 Å². The van der Waals surface area contributed by atoms with Crippen molar-refractivity contribution in [3.8, 4) is 11.1 Å². The van der Waals surface area contributed by atoms with Crippen LogP contribution in [-0.2, 0) is 26.6 Å². The van der Waals surface area contributed by atoms with Gasteiger partial charge in [0.05, 0.1) is 16.8 Å². The molecule has 0 fully saturated rings. The van der Waals surface area contributed by atoms with Gasteiger partial charge in [-0.2, -0.15) is 13.1 Å². The van der Waals surface area contributed by atoms with Gasteiger partial charge in [-0.25, -0.2) is 18.5 Å². The minimum atomic E-state index is -4.01. The Morgan fingerprint density at radius 1 is 1.08 bits per heavy atom. The van der Waals surface area contributed by atoms with E-state index in [4.69, 9.17) is 9.56 Å². The number of rotatable bonds is 9. The van der Waals surface area contributed by atoms with Gasteiger partial charge >= 0.3 is 0 Å². The minimum absolute atomic E-state index is 0.161. The predicted octanol–water partition coefficient (Wildman–Crippen LogP) is 1.88. The van der Waals surface area contributed by atoms with Gasteiger partial charge in [-0.15, -0.1) is 31.7 Å². The van der Waals surface area contributed by atoms with Gasteiger partial charge in [-0.05, 0) is 35.4 Å². The number of nitrogens with zero attached hydrogens (tertiary/aromatic N) is 5. The average molecular weight is 607 g/mol. The fraction of sp³-hybridized carbons (Fsp3) is 0.143. The lowest BCUT2D eigenvalue weighted by Gasteiger charge is -2.07. The number of sulfone groups is 1. The number of carbonyl (C=O) groups excluding carboxylic acids is 1. The maximum Gasteiger partial charge on any atom is 0.274 e. The maximum absolute atomic E-state index is 12.7. The Kier molecular flexibility index (Phi) is 7.23. The topological polar surface area (TPSA) is 213 Å². The number of benzene rings is 2. The predicted molar refractivity (Wildman–Crippen MR) is 144 cm³/mol. The zero-order valence-electron chi connectivity index (χ0n) is 19.8. The quantitative estimate of drug-likeness (QED) is 0.220. The van der Waals surface area contributed by atoms with Gasteiger partial charge in [0, 0.05) is 11.8 Å². The smallest absolute Gasteiger partial charge is 0.274 e. The second-order valence-electron chi connectivity index (χ2n) is 8.12. The van der Waals surface area contributed by atoms with Gasteiger partial charge in [0.15, 0.2) is 15.1 Å². The zero-order chi connectivity index (χ0) is 27.8. The summed E-state index contributed by atoms with van der Waals surface area (Å²) in [6.07, 6.45) is 1.01. The van der Waals surface area contributed by atoms with Gasteiger partial charge in [0.2, 0.25) is 16.9 Å². The normalized spacial score (nSPS) is 13.0. The third-order valence-corrected chi connectivity index (χ3v) is 8.89. The summed E-state index contributed by atoms with van der Waals surface area (Å²) in [5.74, 6) is -0.743. The number of thiazole rings is 1. The largest absolute Gasteiger partial charge is 0.422 e. The Hall–Kier alpha value is -3.68. The lowest BCUT2D eigenvalue weighted by Crippen LogP contribution is -2.30. The maximum atomic E-state index is 12.7. The number of carbonyl (C=O) groups is 1. The van der Waals surface area contributed by atoms with Crippen LogP contribution in [0.4, 0.5) is 5.13 Å². The van der Waals surface area contributed by atoms with Crippen molar-refractivity contribution in [2.75, 3.05) is 11.6 Å². The fourth-order valence-corrected chi connectivity index (χ4v) is 6.84. The molecule has 4 N–H and O–H groups in total. The lowest BCUT2D eigenvalue weighted by molar-refractivity contribution is 0.102. The van der Waals surface area contributed by atoms with E-state index >= 15 is 0 Å². The number of aromatic nitrogens is 5. The van der Waals surface area contributed by atoms with Crippen LogP contribution < -0.4 is 15.2 Å². The van der Waals surface area contributed by atoms with E-state index in [-0.39, 0.29) is 22.7 Å². The molecular formula is C21H18N8O6S4. The highest BCUT2D eigenvalue weighted by atomic mass is 32.2. The van der Waals surface area contributed by atoms with Crippen molar-refractivity contribution in [3.63, 3.8) is 0 Å². The highest BCUT2D eigenvalue weighted by Gasteiger charge is 2.34. The number of hydrogen-bond acceptors (Lipinski definition) is 13. The van der Waals surface area contributed by atoms with Gasteiger partial charge in [0.1, 0.15) is 10.5 Å². The van der Waals surface area contributed by atoms with Crippen molar-refractivity contribution in [3.05, 3.63) is 70.3 Å². The van der Waals surface area contributed by atoms with E-state index in [1.54, 1.807) is 24.3 Å². The number of nitrogens with one attached hydrogen (secondary N) is 2. The van der Waals surface area contributed by atoms with E-state index in [9.17, 15) is 21.6 Å². The van der Waals surface area contributed by atoms with Crippen LogP contribution >= 0.6 is 22.7 Å². The molecule has 3 heterocycles. The minimum Gasteiger partial charge on any atom is -0.422 e. The van der Waals surface area contributed by atoms with Crippen LogP contribution in [0.15, 0.2) is 52.4 Å². The molecule has 0 aliphatic heterocycles. The first kappa shape index (κ1) is 26.9. The molecule has 14 nitrogen and oxygen atoms in total. The number of nitrogens with two attached hydrogens (primary N) is 1. The Labute approximate surface area is 229 Å². The Balaban J connectivity index is 1.44. The van der Waals surface area contributed by atoms with Crippen LogP contribution in [0, 0.1) is 0 Å². The second kappa shape index (κ2) is 10.5. The summed E-state index contributed by atoms with van der Waals surface area (Å²) in [5.41, 5.74) is 4.04. The molecule has 5 aromatic rings. The molecule has 202 valence electrons. The molecule has 0 aliphatic rings. The monoisotopic (exact) mass is 606 g/mol. The van der Waals surface area contributed by atoms with Gasteiger partial charge in [0.25, 0.3) is 16.1 Å². The molecule has 0 aliphatic carbocycles. The van der Waals surface area contributed by atoms with Gasteiger partial charge in [-0.1, -0.05) is 29.5 Å². The van der Waals surface area contributed by atoms with Gasteiger partial charge in [-0.3, -0.25) is 10.1 Å². The first-order valence-corrected chi connectivity index (χ1v) is 16.0. The molecule has 1 amide bonds. The molecule has 0 radical (unpaired) electrons. The van der Waals surface area contributed by atoms with Crippen LogP contribution in [-0.4, -0.2) is 54.4 Å². The Morgan fingerprint density at radius 3 is 2.59 bits per heavy atom. The molecular weight excluding hydrogens is 589 g/mol. The zero-order valence-corrected chi connectivity index (χ0v) is 23.1. The standard InChI is InChI=1S/C21H18N8O6S4/c1-38(31,32)17(19-28-27-16(35-19)9-24-39(22,33)34)20-25-14-6-5-12(8-15(14)37-20)11-3-2-4-13(7-11)18(30)26-21-29-23-10-36-21/h2-8,10,17,24H,9H2,1H3,(H2,22,33,34)(H,26,29,30). The first-order valence-electron chi connectivity index (χ1n) is 10.8. The van der Waals surface area contributed by atoms with Crippen molar-refractivity contribution >= 4 is 64.0 Å². The van der Waals surface area contributed by atoms with E-state index in [0.717, 1.165) is 28.7 Å². The Bertz CT molecular complexity index is 1880. The third-order valence-electron chi connectivity index (χ3n) is 5.23. The lowest BCUT2D eigenvalue weighted by atomic mass is 10.0. The van der Waals surface area contributed by atoms with Crippen molar-refractivity contribution in [2.24, 2.45) is 5.14 Å². The van der Waals surface area contributed by atoms with Crippen molar-refractivity contribution in [2.45, 2.75) is 11.8 Å². The first-order chi connectivity index (χ1) is 18.5.